The van der Waals surface area contributed by atoms with Crippen LogP contribution in [0.15, 0.2) is 164 Å². The van der Waals surface area contributed by atoms with E-state index in [2.05, 4.69) is 131 Å². The SMILES string of the molecule is N#Cc1ccc(N(c2cc(-c3ccccc3)cc(-c3ccccc3)c2)c2ccc3c4c2c2ccccc2n4-c2ccccc2O3)cc1. The van der Waals surface area contributed by atoms with Crippen molar-refractivity contribution in [3.63, 3.8) is 0 Å². The Morgan fingerprint density at radius 1 is 0.532 bits per heavy atom. The van der Waals surface area contributed by atoms with Crippen molar-refractivity contribution in [3.05, 3.63) is 169 Å². The predicted molar refractivity (Wildman–Crippen MR) is 191 cm³/mol. The van der Waals surface area contributed by atoms with E-state index < -0.39 is 0 Å². The van der Waals surface area contributed by atoms with Gasteiger partial charge in [0, 0.05) is 22.1 Å². The Balaban J connectivity index is 1.38. The zero-order valence-corrected chi connectivity index (χ0v) is 25.3. The maximum Gasteiger partial charge on any atom is 0.152 e. The Kier molecular flexibility index (Phi) is 6.16. The van der Waals surface area contributed by atoms with Crippen LogP contribution in [-0.2, 0) is 0 Å². The van der Waals surface area contributed by atoms with E-state index in [0.29, 0.717) is 5.56 Å². The third-order valence-corrected chi connectivity index (χ3v) is 8.97. The molecule has 0 N–H and O–H groups in total. The summed E-state index contributed by atoms with van der Waals surface area (Å²) in [5.41, 5.74) is 11.3. The van der Waals surface area contributed by atoms with Gasteiger partial charge in [0.2, 0.25) is 0 Å². The van der Waals surface area contributed by atoms with E-state index >= 15 is 0 Å². The van der Waals surface area contributed by atoms with Gasteiger partial charge >= 0.3 is 0 Å². The first kappa shape index (κ1) is 26.8. The predicted octanol–water partition coefficient (Wildman–Crippen LogP) is 11.6. The second-order valence-electron chi connectivity index (χ2n) is 11.7. The van der Waals surface area contributed by atoms with Gasteiger partial charge in [-0.3, -0.25) is 0 Å². The molecule has 4 nitrogen and oxygen atoms in total. The van der Waals surface area contributed by atoms with E-state index in [-0.39, 0.29) is 0 Å². The normalized spacial score (nSPS) is 11.6. The average Bonchev–Trinajstić information content (AvgIpc) is 3.50. The lowest BCUT2D eigenvalue weighted by atomic mass is 9.97. The molecule has 0 saturated heterocycles. The van der Waals surface area contributed by atoms with E-state index in [1.807, 2.05) is 48.5 Å². The number of aromatic nitrogens is 1. The van der Waals surface area contributed by atoms with Crippen LogP contribution in [0, 0.1) is 11.3 Å². The van der Waals surface area contributed by atoms with Crippen molar-refractivity contribution in [1.82, 2.24) is 4.57 Å². The fraction of sp³-hybridized carbons (Fsp3) is 0. The minimum atomic E-state index is 0.619. The molecule has 47 heavy (non-hydrogen) atoms. The number of nitrogens with zero attached hydrogens (tertiary/aromatic N) is 3. The summed E-state index contributed by atoms with van der Waals surface area (Å²) >= 11 is 0. The molecule has 0 bridgehead atoms. The van der Waals surface area contributed by atoms with Gasteiger partial charge < -0.3 is 14.2 Å². The highest BCUT2D eigenvalue weighted by atomic mass is 16.5. The van der Waals surface area contributed by atoms with Crippen molar-refractivity contribution in [2.75, 3.05) is 4.90 Å². The highest BCUT2D eigenvalue weighted by Crippen LogP contribution is 2.51. The second kappa shape index (κ2) is 10.8. The molecule has 4 heteroatoms. The van der Waals surface area contributed by atoms with E-state index in [1.54, 1.807) is 0 Å². The number of hydrogen-bond acceptors (Lipinski definition) is 3. The molecule has 0 spiro atoms. The third-order valence-electron chi connectivity index (χ3n) is 8.97. The summed E-state index contributed by atoms with van der Waals surface area (Å²) < 4.78 is 8.86. The maximum atomic E-state index is 9.65. The summed E-state index contributed by atoms with van der Waals surface area (Å²) in [5, 5.41) is 11.9. The van der Waals surface area contributed by atoms with Crippen LogP contribution in [0.25, 0.3) is 49.7 Å². The summed E-state index contributed by atoms with van der Waals surface area (Å²) in [6, 6.07) is 59.0. The maximum absolute atomic E-state index is 9.65. The quantitative estimate of drug-likeness (QED) is 0.197. The standard InChI is InChI=1S/C43H27N3O/c44-28-29-19-21-34(22-20-29)45(35-26-32(30-11-3-1-4-12-30)25-33(27-35)31-13-5-2-6-14-31)39-23-24-41-43-42(39)36-15-7-8-16-37(36)46(43)38-17-9-10-18-40(38)47-41/h1-27H. The van der Waals surface area contributed by atoms with Crippen LogP contribution in [0.5, 0.6) is 11.5 Å². The third kappa shape index (κ3) is 4.37. The van der Waals surface area contributed by atoms with Gasteiger partial charge in [0.1, 0.15) is 0 Å². The number of rotatable bonds is 5. The summed E-state index contributed by atoms with van der Waals surface area (Å²) in [6.45, 7) is 0. The fourth-order valence-electron chi connectivity index (χ4n) is 6.86. The molecule has 0 fully saturated rings. The lowest BCUT2D eigenvalue weighted by Gasteiger charge is -2.29. The van der Waals surface area contributed by atoms with Crippen molar-refractivity contribution >= 4 is 38.9 Å². The number of ether oxygens (including phenoxy) is 1. The zero-order chi connectivity index (χ0) is 31.3. The first-order valence-electron chi connectivity index (χ1n) is 15.7. The van der Waals surface area contributed by atoms with Crippen LogP contribution < -0.4 is 9.64 Å². The fourth-order valence-corrected chi connectivity index (χ4v) is 6.86. The summed E-state index contributed by atoms with van der Waals surface area (Å²) in [7, 11) is 0. The van der Waals surface area contributed by atoms with Gasteiger partial charge in [-0.2, -0.15) is 5.26 Å². The van der Waals surface area contributed by atoms with Crippen molar-refractivity contribution in [2.45, 2.75) is 0 Å². The highest BCUT2D eigenvalue weighted by molar-refractivity contribution is 6.19. The minimum absolute atomic E-state index is 0.619. The van der Waals surface area contributed by atoms with Crippen LogP contribution in [0.2, 0.25) is 0 Å². The first-order chi connectivity index (χ1) is 23.3. The Bertz CT molecular complexity index is 2430. The molecule has 7 aromatic carbocycles. The molecule has 9 rings (SSSR count). The largest absolute Gasteiger partial charge is 0.453 e. The Morgan fingerprint density at radius 2 is 1.17 bits per heavy atom. The summed E-state index contributed by atoms with van der Waals surface area (Å²) in [5.74, 6) is 1.66. The van der Waals surface area contributed by atoms with Crippen LogP contribution in [0.3, 0.4) is 0 Å². The molecule has 1 aliphatic rings. The molecule has 2 heterocycles. The van der Waals surface area contributed by atoms with Crippen LogP contribution in [0.4, 0.5) is 17.1 Å². The number of fused-ring (bicyclic) bond motifs is 5. The van der Waals surface area contributed by atoms with Gasteiger partial charge in [0.05, 0.1) is 34.0 Å². The monoisotopic (exact) mass is 601 g/mol. The number of hydrogen-bond donors (Lipinski definition) is 0. The van der Waals surface area contributed by atoms with Gasteiger partial charge in [-0.1, -0.05) is 91.0 Å². The molecule has 1 aliphatic heterocycles. The van der Waals surface area contributed by atoms with E-state index in [4.69, 9.17) is 4.74 Å². The van der Waals surface area contributed by atoms with Gasteiger partial charge in [-0.25, -0.2) is 0 Å². The molecule has 0 saturated carbocycles. The van der Waals surface area contributed by atoms with Gasteiger partial charge in [-0.15, -0.1) is 0 Å². The molecule has 0 amide bonds. The number of para-hydroxylation sites is 3. The molecule has 0 aliphatic carbocycles. The van der Waals surface area contributed by atoms with Gasteiger partial charge in [0.15, 0.2) is 11.5 Å². The lowest BCUT2D eigenvalue weighted by Crippen LogP contribution is -2.12. The van der Waals surface area contributed by atoms with Crippen molar-refractivity contribution in [1.29, 1.82) is 5.26 Å². The minimum Gasteiger partial charge on any atom is -0.453 e. The van der Waals surface area contributed by atoms with Gasteiger partial charge in [0.25, 0.3) is 0 Å². The first-order valence-corrected chi connectivity index (χ1v) is 15.7. The van der Waals surface area contributed by atoms with E-state index in [0.717, 1.165) is 78.3 Å². The summed E-state index contributed by atoms with van der Waals surface area (Å²) in [6.07, 6.45) is 0. The molecule has 0 atom stereocenters. The topological polar surface area (TPSA) is 41.2 Å². The Morgan fingerprint density at radius 3 is 1.87 bits per heavy atom. The van der Waals surface area contributed by atoms with Crippen LogP contribution in [-0.4, -0.2) is 4.57 Å². The molecule has 8 aromatic rings. The Labute approximate surface area is 272 Å². The number of anilines is 3. The van der Waals surface area contributed by atoms with E-state index in [9.17, 15) is 5.26 Å². The zero-order valence-electron chi connectivity index (χ0n) is 25.3. The number of nitriles is 1. The smallest absolute Gasteiger partial charge is 0.152 e. The van der Waals surface area contributed by atoms with Crippen LogP contribution >= 0.6 is 0 Å². The summed E-state index contributed by atoms with van der Waals surface area (Å²) in [4.78, 5) is 2.32. The highest BCUT2D eigenvalue weighted by Gasteiger charge is 2.28. The van der Waals surface area contributed by atoms with E-state index in [1.165, 1.54) is 0 Å². The Hall–Kier alpha value is -6.57. The lowest BCUT2D eigenvalue weighted by molar-refractivity contribution is 0.476. The molecule has 1 aromatic heterocycles. The van der Waals surface area contributed by atoms with Gasteiger partial charge in [-0.05, 0) is 95.1 Å². The van der Waals surface area contributed by atoms with Crippen molar-refractivity contribution < 1.29 is 4.74 Å². The molecule has 0 radical (unpaired) electrons. The van der Waals surface area contributed by atoms with Crippen LogP contribution in [0.1, 0.15) is 5.56 Å². The van der Waals surface area contributed by atoms with Crippen molar-refractivity contribution in [2.24, 2.45) is 0 Å². The van der Waals surface area contributed by atoms with Crippen molar-refractivity contribution in [3.8, 4) is 45.5 Å². The molecular weight excluding hydrogens is 574 g/mol. The average molecular weight is 602 g/mol. The molecular formula is C43H27N3O. The molecule has 0 unspecified atom stereocenters. The second-order valence-corrected chi connectivity index (χ2v) is 11.7. The number of benzene rings is 7. The molecule has 220 valence electrons.